The Balaban J connectivity index is 2.22. The van der Waals surface area contributed by atoms with Crippen molar-refractivity contribution in [3.63, 3.8) is 0 Å². The molecule has 2 aromatic rings. The molecule has 0 atom stereocenters. The molecule has 134 valence electrons. The molecule has 0 saturated heterocycles. The van der Waals surface area contributed by atoms with E-state index in [0.717, 1.165) is 18.6 Å². The van der Waals surface area contributed by atoms with Crippen molar-refractivity contribution in [1.29, 1.82) is 0 Å². The summed E-state index contributed by atoms with van der Waals surface area (Å²) in [6.07, 6.45) is 0.872. The lowest BCUT2D eigenvalue weighted by Crippen LogP contribution is -2.15. The monoisotopic (exact) mass is 349 g/mol. The molecule has 25 heavy (non-hydrogen) atoms. The second-order valence-corrected chi connectivity index (χ2v) is 5.36. The predicted octanol–water partition coefficient (Wildman–Crippen LogP) is 4.54. The van der Waals surface area contributed by atoms with E-state index in [2.05, 4.69) is 5.32 Å². The second-order valence-electron chi connectivity index (χ2n) is 5.36. The van der Waals surface area contributed by atoms with Gasteiger partial charge in [-0.05, 0) is 43.7 Å². The van der Waals surface area contributed by atoms with Gasteiger partial charge in [0.15, 0.2) is 0 Å². The zero-order chi connectivity index (χ0) is 18.2. The van der Waals surface area contributed by atoms with Crippen molar-refractivity contribution in [3.05, 3.63) is 59.2 Å². The number of nitrogens with one attached hydrogen (secondary N) is 1. The van der Waals surface area contributed by atoms with E-state index < -0.39 is 23.2 Å². The Bertz CT molecular complexity index is 714. The number of ether oxygens (including phenoxy) is 2. The summed E-state index contributed by atoms with van der Waals surface area (Å²) in [5.41, 5.74) is 0.503. The molecule has 0 saturated carbocycles. The van der Waals surface area contributed by atoms with Gasteiger partial charge in [0.1, 0.15) is 23.1 Å². The van der Waals surface area contributed by atoms with Crippen molar-refractivity contribution in [2.75, 3.05) is 18.5 Å². The van der Waals surface area contributed by atoms with Crippen LogP contribution < -0.4 is 10.1 Å². The smallest absolute Gasteiger partial charge is 0.255 e. The first kappa shape index (κ1) is 18.9. The number of hydrogen-bond acceptors (Lipinski definition) is 3. The molecule has 0 heterocycles. The number of carbonyl (C=O) groups excluding carboxylic acids is 1. The Hall–Kier alpha value is -2.47. The molecule has 0 spiro atoms. The van der Waals surface area contributed by atoms with Crippen LogP contribution in [-0.4, -0.2) is 19.1 Å². The molecule has 0 aliphatic rings. The molecular formula is C19H21F2NO3. The maximum Gasteiger partial charge on any atom is 0.255 e. The summed E-state index contributed by atoms with van der Waals surface area (Å²) in [4.78, 5) is 12.3. The van der Waals surface area contributed by atoms with Gasteiger partial charge in [-0.3, -0.25) is 4.79 Å². The van der Waals surface area contributed by atoms with Gasteiger partial charge in [-0.1, -0.05) is 13.0 Å². The fraction of sp³-hybridized carbons (Fsp3) is 0.316. The average molecular weight is 349 g/mol. The summed E-state index contributed by atoms with van der Waals surface area (Å²) in [7, 11) is 0. The molecule has 0 aliphatic heterocycles. The third-order valence-electron chi connectivity index (χ3n) is 3.43. The largest absolute Gasteiger partial charge is 0.494 e. The molecule has 2 rings (SSSR count). The lowest BCUT2D eigenvalue weighted by Gasteiger charge is -2.13. The maximum atomic E-state index is 13.7. The van der Waals surface area contributed by atoms with Crippen LogP contribution >= 0.6 is 0 Å². The normalized spacial score (nSPS) is 10.6. The molecular weight excluding hydrogens is 328 g/mol. The highest BCUT2D eigenvalue weighted by Gasteiger charge is 2.15. The van der Waals surface area contributed by atoms with Crippen LogP contribution in [0.1, 0.15) is 36.2 Å². The van der Waals surface area contributed by atoms with Crippen LogP contribution in [0.5, 0.6) is 5.75 Å². The first-order chi connectivity index (χ1) is 12.1. The Morgan fingerprint density at radius 2 is 1.84 bits per heavy atom. The van der Waals surface area contributed by atoms with Crippen LogP contribution in [-0.2, 0) is 11.3 Å². The fourth-order valence-corrected chi connectivity index (χ4v) is 2.26. The standard InChI is InChI=1S/C19H21F2NO3/c1-3-10-24-12-14-11-13(8-9-17(14)25-4-2)19(23)22-18-15(20)6-5-7-16(18)21/h5-9,11H,3-4,10,12H2,1-2H3,(H,22,23). The molecule has 0 unspecified atom stereocenters. The zero-order valence-corrected chi connectivity index (χ0v) is 14.3. The van der Waals surface area contributed by atoms with Gasteiger partial charge < -0.3 is 14.8 Å². The molecule has 0 aliphatic carbocycles. The maximum absolute atomic E-state index is 13.7. The van der Waals surface area contributed by atoms with Crippen LogP contribution in [0.3, 0.4) is 0 Å². The lowest BCUT2D eigenvalue weighted by atomic mass is 10.1. The van der Waals surface area contributed by atoms with Crippen LogP contribution in [0.15, 0.2) is 36.4 Å². The summed E-state index contributed by atoms with van der Waals surface area (Å²) in [6.45, 7) is 5.21. The molecule has 6 heteroatoms. The summed E-state index contributed by atoms with van der Waals surface area (Å²) in [6, 6.07) is 8.21. The zero-order valence-electron chi connectivity index (χ0n) is 14.3. The number of carbonyl (C=O) groups is 1. The lowest BCUT2D eigenvalue weighted by molar-refractivity contribution is 0.102. The molecule has 0 bridgehead atoms. The molecule has 2 aromatic carbocycles. The van der Waals surface area contributed by atoms with E-state index in [4.69, 9.17) is 9.47 Å². The van der Waals surface area contributed by atoms with Gasteiger partial charge in [0, 0.05) is 17.7 Å². The van der Waals surface area contributed by atoms with Gasteiger partial charge in [0.2, 0.25) is 0 Å². The van der Waals surface area contributed by atoms with Gasteiger partial charge in [-0.2, -0.15) is 0 Å². The van der Waals surface area contributed by atoms with E-state index in [1.165, 1.54) is 6.07 Å². The number of amides is 1. The van der Waals surface area contributed by atoms with Crippen LogP contribution in [0.2, 0.25) is 0 Å². The number of anilines is 1. The van der Waals surface area contributed by atoms with Crippen molar-refractivity contribution in [1.82, 2.24) is 0 Å². The molecule has 0 fully saturated rings. The average Bonchev–Trinajstić information content (AvgIpc) is 2.60. The summed E-state index contributed by atoms with van der Waals surface area (Å²) >= 11 is 0. The van der Waals surface area contributed by atoms with E-state index in [1.54, 1.807) is 18.2 Å². The highest BCUT2D eigenvalue weighted by atomic mass is 19.1. The minimum Gasteiger partial charge on any atom is -0.494 e. The molecule has 1 amide bonds. The summed E-state index contributed by atoms with van der Waals surface area (Å²) in [5.74, 6) is -1.65. The van der Waals surface area contributed by atoms with Crippen molar-refractivity contribution in [2.45, 2.75) is 26.9 Å². The van der Waals surface area contributed by atoms with E-state index in [9.17, 15) is 13.6 Å². The van der Waals surface area contributed by atoms with Gasteiger partial charge in [-0.15, -0.1) is 0 Å². The summed E-state index contributed by atoms with van der Waals surface area (Å²) < 4.78 is 38.4. The topological polar surface area (TPSA) is 47.6 Å². The Kier molecular flexibility index (Phi) is 6.89. The number of rotatable bonds is 8. The van der Waals surface area contributed by atoms with E-state index >= 15 is 0 Å². The van der Waals surface area contributed by atoms with Crippen molar-refractivity contribution >= 4 is 11.6 Å². The first-order valence-electron chi connectivity index (χ1n) is 8.15. The molecule has 0 radical (unpaired) electrons. The van der Waals surface area contributed by atoms with E-state index in [-0.39, 0.29) is 5.56 Å². The van der Waals surface area contributed by atoms with Gasteiger partial charge in [0.05, 0.1) is 13.2 Å². The third kappa shape index (κ3) is 5.00. The van der Waals surface area contributed by atoms with Crippen molar-refractivity contribution < 1.29 is 23.0 Å². The number of benzene rings is 2. The minimum atomic E-state index is -0.828. The highest BCUT2D eigenvalue weighted by Crippen LogP contribution is 2.23. The van der Waals surface area contributed by atoms with Crippen LogP contribution in [0.4, 0.5) is 14.5 Å². The summed E-state index contributed by atoms with van der Waals surface area (Å²) in [5, 5.41) is 2.27. The predicted molar refractivity (Wildman–Crippen MR) is 91.9 cm³/mol. The van der Waals surface area contributed by atoms with Crippen LogP contribution in [0.25, 0.3) is 0 Å². The number of para-hydroxylation sites is 1. The Morgan fingerprint density at radius 1 is 1.12 bits per heavy atom. The molecule has 1 N–H and O–H groups in total. The molecule has 4 nitrogen and oxygen atoms in total. The third-order valence-corrected chi connectivity index (χ3v) is 3.43. The van der Waals surface area contributed by atoms with Gasteiger partial charge in [0.25, 0.3) is 5.91 Å². The fourth-order valence-electron chi connectivity index (χ4n) is 2.26. The Morgan fingerprint density at radius 3 is 2.48 bits per heavy atom. The SMILES string of the molecule is CCCOCc1cc(C(=O)Nc2c(F)cccc2F)ccc1OCC. The Labute approximate surface area is 145 Å². The first-order valence-corrected chi connectivity index (χ1v) is 8.15. The molecule has 0 aromatic heterocycles. The number of hydrogen-bond donors (Lipinski definition) is 1. The van der Waals surface area contributed by atoms with Crippen molar-refractivity contribution in [2.24, 2.45) is 0 Å². The quantitative estimate of drug-likeness (QED) is 0.712. The van der Waals surface area contributed by atoms with E-state index in [1.807, 2.05) is 13.8 Å². The number of halogens is 2. The second kappa shape index (κ2) is 9.13. The van der Waals surface area contributed by atoms with Crippen molar-refractivity contribution in [3.8, 4) is 5.75 Å². The van der Waals surface area contributed by atoms with Gasteiger partial charge in [-0.25, -0.2) is 8.78 Å². The minimum absolute atomic E-state index is 0.265. The van der Waals surface area contributed by atoms with Gasteiger partial charge >= 0.3 is 0 Å². The van der Waals surface area contributed by atoms with E-state index in [0.29, 0.717) is 31.1 Å². The van der Waals surface area contributed by atoms with Crippen LogP contribution in [0, 0.1) is 11.6 Å². The highest BCUT2D eigenvalue weighted by molar-refractivity contribution is 6.04.